The Balaban J connectivity index is 1.49. The summed E-state index contributed by atoms with van der Waals surface area (Å²) in [7, 11) is 0. The minimum Gasteiger partial charge on any atom is -0.419 e. The van der Waals surface area contributed by atoms with Gasteiger partial charge in [0.25, 0.3) is 5.56 Å². The van der Waals surface area contributed by atoms with E-state index in [2.05, 4.69) is 32.4 Å². The largest absolute Gasteiger partial charge is 0.419 e. The Morgan fingerprint density at radius 2 is 1.65 bits per heavy atom. The molecule has 0 aliphatic heterocycles. The molecular weight excluding hydrogens is 430 g/mol. The number of benzene rings is 3. The minimum absolute atomic E-state index is 0.472. The zero-order valence-corrected chi connectivity index (χ0v) is 18.0. The van der Waals surface area contributed by atoms with Crippen molar-refractivity contribution in [2.24, 2.45) is 0 Å². The summed E-state index contributed by atoms with van der Waals surface area (Å²) in [4.78, 5) is 25.8. The van der Waals surface area contributed by atoms with Crippen molar-refractivity contribution in [3.63, 3.8) is 0 Å². The Hall–Kier alpha value is -4.59. The molecule has 1 aliphatic carbocycles. The van der Waals surface area contributed by atoms with Crippen LogP contribution in [0.25, 0.3) is 17.1 Å². The van der Waals surface area contributed by atoms with Gasteiger partial charge in [0.2, 0.25) is 11.8 Å². The standard InChI is InChI=1S/C26H19N5O3/c32-22-16-27-31(25(33)28-22)20-12-10-19(11-13-20)26(15-14-17-6-4-5-9-21(17)26)24-30-29-23(34-24)18-7-2-1-3-8-18/h1-13,16H,14-15H2,(H,28,32,33). The van der Waals surface area contributed by atoms with Crippen LogP contribution in [0.4, 0.5) is 0 Å². The molecule has 0 amide bonds. The number of aromatic nitrogens is 5. The van der Waals surface area contributed by atoms with Gasteiger partial charge in [-0.15, -0.1) is 10.2 Å². The van der Waals surface area contributed by atoms with Crippen molar-refractivity contribution in [3.8, 4) is 17.1 Å². The molecule has 1 aliphatic rings. The number of fused-ring (bicyclic) bond motifs is 1. The van der Waals surface area contributed by atoms with Crippen LogP contribution in [0, 0.1) is 0 Å². The van der Waals surface area contributed by atoms with Gasteiger partial charge in [0.05, 0.1) is 11.1 Å². The molecule has 3 aromatic carbocycles. The first-order valence-electron chi connectivity index (χ1n) is 10.9. The lowest BCUT2D eigenvalue weighted by Crippen LogP contribution is -2.30. The summed E-state index contributed by atoms with van der Waals surface area (Å²) in [5.74, 6) is 1.00. The summed E-state index contributed by atoms with van der Waals surface area (Å²) in [5, 5.41) is 12.8. The smallest absolute Gasteiger partial charge is 0.349 e. The van der Waals surface area contributed by atoms with Crippen molar-refractivity contribution in [3.05, 3.63) is 128 Å². The van der Waals surface area contributed by atoms with Crippen molar-refractivity contribution in [1.29, 1.82) is 0 Å². The van der Waals surface area contributed by atoms with Crippen LogP contribution in [0.15, 0.2) is 99.1 Å². The number of hydrogen-bond acceptors (Lipinski definition) is 6. The highest BCUT2D eigenvalue weighted by Gasteiger charge is 2.46. The maximum Gasteiger partial charge on any atom is 0.349 e. The fourth-order valence-corrected chi connectivity index (χ4v) is 4.77. The minimum atomic E-state index is -0.613. The molecule has 2 aromatic heterocycles. The van der Waals surface area contributed by atoms with Crippen molar-refractivity contribution < 1.29 is 4.42 Å². The second-order valence-electron chi connectivity index (χ2n) is 8.24. The third-order valence-corrected chi connectivity index (χ3v) is 6.37. The van der Waals surface area contributed by atoms with Crippen LogP contribution in [-0.2, 0) is 11.8 Å². The molecule has 0 bridgehead atoms. The van der Waals surface area contributed by atoms with Gasteiger partial charge in [-0.25, -0.2) is 4.79 Å². The van der Waals surface area contributed by atoms with Gasteiger partial charge >= 0.3 is 5.69 Å². The molecule has 8 nitrogen and oxygen atoms in total. The number of aromatic amines is 1. The van der Waals surface area contributed by atoms with Crippen LogP contribution >= 0.6 is 0 Å². The molecule has 166 valence electrons. The summed E-state index contributed by atoms with van der Waals surface area (Å²) < 4.78 is 7.44. The first kappa shape index (κ1) is 20.0. The van der Waals surface area contributed by atoms with E-state index in [0.717, 1.165) is 40.4 Å². The molecule has 0 saturated heterocycles. The second-order valence-corrected chi connectivity index (χ2v) is 8.24. The van der Waals surface area contributed by atoms with E-state index < -0.39 is 16.7 Å². The van der Waals surface area contributed by atoms with Gasteiger partial charge in [-0.1, -0.05) is 54.6 Å². The predicted octanol–water partition coefficient (Wildman–Crippen LogP) is 3.25. The Bertz CT molecular complexity index is 1600. The van der Waals surface area contributed by atoms with Gasteiger partial charge in [0.15, 0.2) is 0 Å². The third kappa shape index (κ3) is 3.11. The first-order valence-corrected chi connectivity index (χ1v) is 10.9. The number of nitrogens with zero attached hydrogens (tertiary/aromatic N) is 4. The highest BCUT2D eigenvalue weighted by molar-refractivity contribution is 5.56. The van der Waals surface area contributed by atoms with Crippen LogP contribution in [0.5, 0.6) is 0 Å². The number of H-pyrrole nitrogens is 1. The fourth-order valence-electron chi connectivity index (χ4n) is 4.77. The molecule has 1 unspecified atom stereocenters. The van der Waals surface area contributed by atoms with Crippen molar-refractivity contribution in [2.45, 2.75) is 18.3 Å². The molecule has 6 rings (SSSR count). The van der Waals surface area contributed by atoms with Gasteiger partial charge in [0, 0.05) is 5.56 Å². The SMILES string of the molecule is O=c1cnn(-c2ccc(C3(c4nnc(-c5ccccc5)o4)CCc4ccccc43)cc2)c(=O)[nH]1. The highest BCUT2D eigenvalue weighted by atomic mass is 16.4. The maximum atomic E-state index is 12.2. The summed E-state index contributed by atoms with van der Waals surface area (Å²) in [5.41, 5.74) is 3.01. The second kappa shape index (κ2) is 7.77. The zero-order valence-electron chi connectivity index (χ0n) is 18.0. The quantitative estimate of drug-likeness (QED) is 0.451. The van der Waals surface area contributed by atoms with E-state index in [0.29, 0.717) is 17.5 Å². The Morgan fingerprint density at radius 3 is 2.44 bits per heavy atom. The lowest BCUT2D eigenvalue weighted by Gasteiger charge is -2.27. The van der Waals surface area contributed by atoms with E-state index in [4.69, 9.17) is 4.42 Å². The fraction of sp³-hybridized carbons (Fsp3) is 0.115. The van der Waals surface area contributed by atoms with Crippen LogP contribution in [-0.4, -0.2) is 25.0 Å². The van der Waals surface area contributed by atoms with E-state index in [-0.39, 0.29) is 0 Å². The lowest BCUT2D eigenvalue weighted by atomic mass is 9.75. The maximum absolute atomic E-state index is 12.2. The molecule has 34 heavy (non-hydrogen) atoms. The van der Waals surface area contributed by atoms with E-state index in [1.54, 1.807) is 12.1 Å². The molecule has 8 heteroatoms. The highest BCUT2D eigenvalue weighted by Crippen LogP contribution is 2.48. The van der Waals surface area contributed by atoms with E-state index in [1.807, 2.05) is 54.6 Å². The van der Waals surface area contributed by atoms with Gasteiger partial charge < -0.3 is 4.42 Å². The Morgan fingerprint density at radius 1 is 0.882 bits per heavy atom. The molecule has 2 heterocycles. The molecule has 1 N–H and O–H groups in total. The lowest BCUT2D eigenvalue weighted by molar-refractivity contribution is 0.416. The molecule has 0 fully saturated rings. The Labute approximate surface area is 193 Å². The summed E-state index contributed by atoms with van der Waals surface area (Å²) in [6.07, 6.45) is 2.73. The predicted molar refractivity (Wildman–Crippen MR) is 125 cm³/mol. The van der Waals surface area contributed by atoms with Gasteiger partial charge in [-0.3, -0.25) is 9.78 Å². The van der Waals surface area contributed by atoms with Crippen LogP contribution in [0.1, 0.15) is 29.0 Å². The van der Waals surface area contributed by atoms with Crippen molar-refractivity contribution in [2.75, 3.05) is 0 Å². The van der Waals surface area contributed by atoms with Crippen molar-refractivity contribution >= 4 is 0 Å². The van der Waals surface area contributed by atoms with Gasteiger partial charge in [-0.05, 0) is 53.8 Å². The van der Waals surface area contributed by atoms with Gasteiger partial charge in [0.1, 0.15) is 6.20 Å². The summed E-state index contributed by atoms with van der Waals surface area (Å²) in [6.45, 7) is 0. The number of nitrogens with one attached hydrogen (secondary N) is 1. The number of rotatable bonds is 4. The van der Waals surface area contributed by atoms with Gasteiger partial charge in [-0.2, -0.15) is 9.78 Å². The van der Waals surface area contributed by atoms with Crippen LogP contribution in [0.3, 0.4) is 0 Å². The number of aryl methyl sites for hydroxylation is 1. The average molecular weight is 449 g/mol. The zero-order chi connectivity index (χ0) is 23.1. The molecule has 0 saturated carbocycles. The van der Waals surface area contributed by atoms with Crippen LogP contribution in [0.2, 0.25) is 0 Å². The monoisotopic (exact) mass is 449 g/mol. The van der Waals surface area contributed by atoms with Crippen LogP contribution < -0.4 is 11.2 Å². The molecular formula is C26H19N5O3. The normalized spacial score (nSPS) is 16.9. The first-order chi connectivity index (χ1) is 16.6. The average Bonchev–Trinajstić information content (AvgIpc) is 3.51. The molecule has 1 atom stereocenters. The molecule has 5 aromatic rings. The van der Waals surface area contributed by atoms with E-state index in [9.17, 15) is 9.59 Å². The topological polar surface area (TPSA) is 107 Å². The summed E-state index contributed by atoms with van der Waals surface area (Å²) in [6, 6.07) is 25.5. The summed E-state index contributed by atoms with van der Waals surface area (Å²) >= 11 is 0. The third-order valence-electron chi connectivity index (χ3n) is 6.37. The van der Waals surface area contributed by atoms with Crippen molar-refractivity contribution in [1.82, 2.24) is 25.0 Å². The van der Waals surface area contributed by atoms with E-state index >= 15 is 0 Å². The van der Waals surface area contributed by atoms with E-state index in [1.165, 1.54) is 5.56 Å². The Kier molecular flexibility index (Phi) is 4.58. The number of hydrogen-bond donors (Lipinski definition) is 1. The molecule has 0 radical (unpaired) electrons. The molecule has 0 spiro atoms.